The van der Waals surface area contributed by atoms with Crippen molar-refractivity contribution in [2.45, 2.75) is 23.9 Å². The molecular weight excluding hydrogens is 146 g/mol. The van der Waals surface area contributed by atoms with Crippen molar-refractivity contribution in [3.63, 3.8) is 0 Å². The first-order valence-corrected chi connectivity index (χ1v) is 4.68. The van der Waals surface area contributed by atoms with Gasteiger partial charge in [0.2, 0.25) is 0 Å². The topological polar surface area (TPSA) is 0 Å². The molecule has 0 aromatic heterocycles. The summed E-state index contributed by atoms with van der Waals surface area (Å²) in [4.78, 5) is 1.39. The van der Waals surface area contributed by atoms with Crippen molar-refractivity contribution in [3.05, 3.63) is 0 Å². The molecule has 6 heavy (non-hydrogen) atoms. The Balaban J connectivity index is 2.34. The zero-order valence-corrected chi connectivity index (χ0v) is 7.33. The molecule has 0 aliphatic heterocycles. The Labute approximate surface area is 53.0 Å². The van der Waals surface area contributed by atoms with Gasteiger partial charge in [-0.25, -0.2) is 0 Å². The molecule has 0 bridgehead atoms. The van der Waals surface area contributed by atoms with E-state index in [1.54, 1.807) is 0 Å². The molecule has 0 unspecified atom stereocenters. The summed E-state index contributed by atoms with van der Waals surface area (Å²) >= 11 is 1.84. The fourth-order valence-corrected chi connectivity index (χ4v) is 1.12. The van der Waals surface area contributed by atoms with Crippen LogP contribution in [0.25, 0.3) is 0 Å². The van der Waals surface area contributed by atoms with Gasteiger partial charge in [0.05, 0.1) is 0 Å². The monoisotopic (exact) mass is 153 g/mol. The molecule has 0 spiro atoms. The second-order valence-corrected chi connectivity index (χ2v) is 2.96. The van der Waals surface area contributed by atoms with Crippen LogP contribution in [-0.4, -0.2) is 28.8 Å². The first-order chi connectivity index (χ1) is 2.91. The van der Waals surface area contributed by atoms with Gasteiger partial charge in [0.15, 0.2) is 0 Å². The molecule has 2 heteroatoms. The Bertz CT molecular complexity index is 19.5. The molecule has 0 saturated heterocycles. The quantitative estimate of drug-likeness (QED) is 0.419. The van der Waals surface area contributed by atoms with Crippen LogP contribution in [0.1, 0.15) is 12.8 Å². The van der Waals surface area contributed by atoms with Gasteiger partial charge in [0, 0.05) is 0 Å². The molecule has 0 aromatic rings. The number of hydrogen-bond acceptors (Lipinski definition) is 0. The third-order valence-corrected chi connectivity index (χ3v) is 1.84. The van der Waals surface area contributed by atoms with Gasteiger partial charge in [-0.05, 0) is 0 Å². The Morgan fingerprint density at radius 1 is 1.33 bits per heavy atom. The summed E-state index contributed by atoms with van der Waals surface area (Å²) < 4.78 is 0. The van der Waals surface area contributed by atoms with E-state index in [1.165, 1.54) is 23.9 Å². The number of unbranched alkanes of at least 4 members (excludes halogenated alkanes) is 1. The fourth-order valence-electron chi connectivity index (χ4n) is 0.269. The average Bonchev–Trinajstić information content (AvgIpc) is 1.61. The van der Waals surface area contributed by atoms with E-state index in [1.807, 2.05) is 18.6 Å². The van der Waals surface area contributed by atoms with Crippen molar-refractivity contribution in [1.82, 2.24) is 0 Å². The molecular formula is C4H8GaSi. The maximum atomic E-state index is 3.40. The molecule has 0 rings (SSSR count). The van der Waals surface area contributed by atoms with Crippen LogP contribution in [0.5, 0.6) is 0 Å². The number of hydrogen-bond donors (Lipinski definition) is 0. The zero-order chi connectivity index (χ0) is 4.83. The summed E-state index contributed by atoms with van der Waals surface area (Å²) in [5, 5.41) is 0. The van der Waals surface area contributed by atoms with Crippen LogP contribution < -0.4 is 0 Å². The summed E-state index contributed by atoms with van der Waals surface area (Å²) in [7, 11) is 3.40. The Kier molecular flexibility index (Phi) is 6.69. The van der Waals surface area contributed by atoms with Gasteiger partial charge in [0.1, 0.15) is 0 Å². The van der Waals surface area contributed by atoms with E-state index >= 15 is 0 Å². The van der Waals surface area contributed by atoms with E-state index in [4.69, 9.17) is 0 Å². The van der Waals surface area contributed by atoms with Crippen molar-refractivity contribution >= 4 is 28.8 Å². The Hall–Kier alpha value is 0.853. The second-order valence-electron chi connectivity index (χ2n) is 1.25. The van der Waals surface area contributed by atoms with E-state index in [-0.39, 0.29) is 0 Å². The number of rotatable bonds is 3. The molecule has 0 aliphatic rings. The van der Waals surface area contributed by atoms with E-state index in [2.05, 4.69) is 10.2 Å². The van der Waals surface area contributed by atoms with Crippen molar-refractivity contribution in [2.75, 3.05) is 0 Å². The van der Waals surface area contributed by atoms with Gasteiger partial charge in [-0.1, -0.05) is 0 Å². The van der Waals surface area contributed by atoms with Gasteiger partial charge in [-0.2, -0.15) is 0 Å². The van der Waals surface area contributed by atoms with Crippen LogP contribution in [0.15, 0.2) is 0 Å². The van der Waals surface area contributed by atoms with Gasteiger partial charge in [0.25, 0.3) is 0 Å². The molecule has 5 radical (unpaired) electrons. The molecule has 0 nitrogen and oxygen atoms in total. The average molecular weight is 154 g/mol. The summed E-state index contributed by atoms with van der Waals surface area (Å²) in [6, 6.07) is 1.17. The van der Waals surface area contributed by atoms with Crippen LogP contribution in [0.4, 0.5) is 0 Å². The standard InChI is InChI=1S/C4H8Si.Ga/c1-2-3-4-5;/h1-4H2;. The second kappa shape index (κ2) is 5.85. The molecule has 0 aromatic carbocycles. The van der Waals surface area contributed by atoms with E-state index in [9.17, 15) is 0 Å². The summed E-state index contributed by atoms with van der Waals surface area (Å²) in [5.74, 6) is 0. The van der Waals surface area contributed by atoms with Gasteiger partial charge >= 0.3 is 52.7 Å². The summed E-state index contributed by atoms with van der Waals surface area (Å²) in [6.45, 7) is 0. The zero-order valence-electron chi connectivity index (χ0n) is 3.91. The third-order valence-electron chi connectivity index (χ3n) is 0.631. The van der Waals surface area contributed by atoms with Crippen LogP contribution in [0.3, 0.4) is 0 Å². The van der Waals surface area contributed by atoms with Crippen LogP contribution in [0, 0.1) is 0 Å². The summed E-state index contributed by atoms with van der Waals surface area (Å²) in [6.07, 6.45) is 2.73. The Morgan fingerprint density at radius 2 is 2.00 bits per heavy atom. The van der Waals surface area contributed by atoms with E-state index in [0.29, 0.717) is 0 Å². The van der Waals surface area contributed by atoms with Crippen molar-refractivity contribution < 1.29 is 0 Å². The normalized spacial score (nSPS) is 8.83. The first kappa shape index (κ1) is 6.85. The van der Waals surface area contributed by atoms with Gasteiger partial charge < -0.3 is 0 Å². The van der Waals surface area contributed by atoms with Crippen LogP contribution >= 0.6 is 0 Å². The fraction of sp³-hybridized carbons (Fsp3) is 1.00. The maximum absolute atomic E-state index is 3.40. The SMILES string of the molecule is [Si]CCC[CH2][Ga]. The third kappa shape index (κ3) is 4.85. The molecule has 0 aliphatic carbocycles. The Morgan fingerprint density at radius 3 is 2.17 bits per heavy atom. The van der Waals surface area contributed by atoms with Gasteiger partial charge in [-0.3, -0.25) is 0 Å². The molecule has 31 valence electrons. The van der Waals surface area contributed by atoms with Gasteiger partial charge in [-0.15, -0.1) is 0 Å². The molecule has 0 heterocycles. The van der Waals surface area contributed by atoms with Crippen molar-refractivity contribution in [1.29, 1.82) is 0 Å². The first-order valence-electron chi connectivity index (χ1n) is 2.26. The van der Waals surface area contributed by atoms with E-state index in [0.717, 1.165) is 0 Å². The molecule has 0 amide bonds. The predicted octanol–water partition coefficient (Wildman–Crippen LogP) is 0.940. The van der Waals surface area contributed by atoms with Crippen molar-refractivity contribution in [3.8, 4) is 0 Å². The predicted molar refractivity (Wildman–Crippen MR) is 30.4 cm³/mol. The van der Waals surface area contributed by atoms with Crippen molar-refractivity contribution in [2.24, 2.45) is 0 Å². The summed E-state index contributed by atoms with van der Waals surface area (Å²) in [5.41, 5.74) is 0. The molecule has 0 fully saturated rings. The molecule has 0 saturated carbocycles. The minimum absolute atomic E-state index is 1.17. The molecule has 0 N–H and O–H groups in total. The molecule has 0 atom stereocenters. The minimum atomic E-state index is 1.17. The van der Waals surface area contributed by atoms with E-state index < -0.39 is 0 Å². The van der Waals surface area contributed by atoms with Crippen LogP contribution in [0.2, 0.25) is 11.0 Å². The van der Waals surface area contributed by atoms with Crippen LogP contribution in [-0.2, 0) is 0 Å².